The molecule has 0 unspecified atom stereocenters. The van der Waals surface area contributed by atoms with Crippen molar-refractivity contribution in [2.24, 2.45) is 0 Å². The summed E-state index contributed by atoms with van der Waals surface area (Å²) in [6.07, 6.45) is 2.34. The fraction of sp³-hybridized carbons (Fsp3) is 0.750. The third-order valence-electron chi connectivity index (χ3n) is 1.61. The zero-order valence-electron chi connectivity index (χ0n) is 8.61. The minimum atomic E-state index is -0.991. The monoisotopic (exact) mass is 220 g/mol. The van der Waals surface area contributed by atoms with Crippen molar-refractivity contribution < 1.29 is 14.7 Å². The molecule has 0 aliphatic rings. The minimum absolute atomic E-state index is 0.376. The van der Waals surface area contributed by atoms with Crippen molar-refractivity contribution in [2.45, 2.75) is 12.5 Å². The van der Waals surface area contributed by atoms with Crippen molar-refractivity contribution in [3.8, 4) is 0 Å². The number of rotatable bonds is 5. The molecule has 82 valence electrons. The van der Waals surface area contributed by atoms with Crippen LogP contribution in [-0.2, 0) is 4.79 Å². The van der Waals surface area contributed by atoms with Gasteiger partial charge in [-0.3, -0.25) is 0 Å². The normalized spacial score (nSPS) is 11.9. The second kappa shape index (κ2) is 6.53. The maximum atomic E-state index is 11.2. The third-order valence-corrected chi connectivity index (χ3v) is 2.26. The van der Waals surface area contributed by atoms with Crippen molar-refractivity contribution in [1.82, 2.24) is 10.2 Å². The van der Waals surface area contributed by atoms with E-state index in [0.717, 1.165) is 0 Å². The van der Waals surface area contributed by atoms with Crippen LogP contribution < -0.4 is 5.32 Å². The quantitative estimate of drug-likeness (QED) is 0.706. The van der Waals surface area contributed by atoms with E-state index in [2.05, 4.69) is 5.32 Å². The summed E-state index contributed by atoms with van der Waals surface area (Å²) < 4.78 is 0. The molecule has 0 aromatic heterocycles. The van der Waals surface area contributed by atoms with Crippen LogP contribution in [0.1, 0.15) is 6.42 Å². The van der Waals surface area contributed by atoms with Crippen LogP contribution in [0.3, 0.4) is 0 Å². The number of carbonyl (C=O) groups excluding carboxylic acids is 1. The number of carboxylic acid groups (broad SMARTS) is 1. The molecule has 5 nitrogen and oxygen atoms in total. The summed E-state index contributed by atoms with van der Waals surface area (Å²) in [6, 6.07) is -1.17. The SMILES string of the molecule is CSCC[C@H](NC(=O)N(C)C)C(=O)O. The van der Waals surface area contributed by atoms with Crippen molar-refractivity contribution in [3.63, 3.8) is 0 Å². The first-order valence-corrected chi connectivity index (χ1v) is 5.58. The fourth-order valence-corrected chi connectivity index (χ4v) is 1.24. The molecular formula is C8H16N2O3S. The molecule has 0 spiro atoms. The van der Waals surface area contributed by atoms with E-state index >= 15 is 0 Å². The molecule has 2 amide bonds. The molecule has 0 bridgehead atoms. The average molecular weight is 220 g/mol. The zero-order valence-corrected chi connectivity index (χ0v) is 9.43. The van der Waals surface area contributed by atoms with Gasteiger partial charge in [-0.2, -0.15) is 11.8 Å². The lowest BCUT2D eigenvalue weighted by Crippen LogP contribution is -2.45. The molecule has 0 rings (SSSR count). The van der Waals surface area contributed by atoms with Crippen molar-refractivity contribution in [2.75, 3.05) is 26.1 Å². The van der Waals surface area contributed by atoms with E-state index < -0.39 is 12.0 Å². The second-order valence-corrected chi connectivity index (χ2v) is 4.00. The molecule has 0 aromatic rings. The highest BCUT2D eigenvalue weighted by molar-refractivity contribution is 7.98. The van der Waals surface area contributed by atoms with Gasteiger partial charge in [-0.15, -0.1) is 0 Å². The van der Waals surface area contributed by atoms with Crippen LogP contribution in [0.25, 0.3) is 0 Å². The second-order valence-electron chi connectivity index (χ2n) is 3.02. The van der Waals surface area contributed by atoms with Crippen LogP contribution >= 0.6 is 11.8 Å². The lowest BCUT2D eigenvalue weighted by molar-refractivity contribution is -0.139. The van der Waals surface area contributed by atoms with Gasteiger partial charge >= 0.3 is 12.0 Å². The minimum Gasteiger partial charge on any atom is -0.480 e. The van der Waals surface area contributed by atoms with Crippen molar-refractivity contribution in [1.29, 1.82) is 0 Å². The first-order chi connectivity index (χ1) is 6.49. The molecule has 0 fully saturated rings. The molecule has 0 aliphatic carbocycles. The van der Waals surface area contributed by atoms with Crippen LogP contribution in [0.15, 0.2) is 0 Å². The summed E-state index contributed by atoms with van der Waals surface area (Å²) >= 11 is 1.55. The molecule has 0 saturated carbocycles. The van der Waals surface area contributed by atoms with Gasteiger partial charge in [0.25, 0.3) is 0 Å². The number of nitrogens with zero attached hydrogens (tertiary/aromatic N) is 1. The highest BCUT2D eigenvalue weighted by Crippen LogP contribution is 2.01. The third kappa shape index (κ3) is 4.96. The Balaban J connectivity index is 4.09. The first kappa shape index (κ1) is 13.1. The predicted molar refractivity (Wildman–Crippen MR) is 56.6 cm³/mol. The van der Waals surface area contributed by atoms with Gasteiger partial charge < -0.3 is 15.3 Å². The summed E-state index contributed by atoms with van der Waals surface area (Å²) in [5.74, 6) is -0.278. The van der Waals surface area contributed by atoms with E-state index in [-0.39, 0.29) is 6.03 Å². The molecule has 6 heteroatoms. The number of amides is 2. The number of carbonyl (C=O) groups is 2. The van der Waals surface area contributed by atoms with Gasteiger partial charge in [0.2, 0.25) is 0 Å². The molecule has 14 heavy (non-hydrogen) atoms. The molecule has 0 saturated heterocycles. The number of thioether (sulfide) groups is 1. The van der Waals surface area contributed by atoms with E-state index in [0.29, 0.717) is 12.2 Å². The Morgan fingerprint density at radius 1 is 1.50 bits per heavy atom. The lowest BCUT2D eigenvalue weighted by atomic mass is 10.2. The maximum Gasteiger partial charge on any atom is 0.326 e. The Hall–Kier alpha value is -0.910. The Kier molecular flexibility index (Phi) is 6.11. The van der Waals surface area contributed by atoms with E-state index in [1.54, 1.807) is 25.9 Å². The largest absolute Gasteiger partial charge is 0.480 e. The van der Waals surface area contributed by atoms with Gasteiger partial charge in [0.05, 0.1) is 0 Å². The zero-order chi connectivity index (χ0) is 11.1. The van der Waals surface area contributed by atoms with Crippen LogP contribution in [0, 0.1) is 0 Å². The molecule has 0 radical (unpaired) electrons. The highest BCUT2D eigenvalue weighted by Gasteiger charge is 2.19. The number of hydrogen-bond acceptors (Lipinski definition) is 3. The maximum absolute atomic E-state index is 11.2. The topological polar surface area (TPSA) is 69.6 Å². The number of aliphatic carboxylic acids is 1. The Morgan fingerprint density at radius 2 is 2.07 bits per heavy atom. The molecular weight excluding hydrogens is 204 g/mol. The van der Waals surface area contributed by atoms with Crippen LogP contribution in [0.4, 0.5) is 4.79 Å². The summed E-state index contributed by atoms with van der Waals surface area (Å²) in [5.41, 5.74) is 0. The molecule has 0 aromatic carbocycles. The van der Waals surface area contributed by atoms with Crippen LogP contribution in [-0.4, -0.2) is 54.2 Å². The number of carboxylic acids is 1. The number of nitrogens with one attached hydrogen (secondary N) is 1. The molecule has 0 aliphatic heterocycles. The standard InChI is InChI=1S/C8H16N2O3S/c1-10(2)8(13)9-6(7(11)12)4-5-14-3/h6H,4-5H2,1-3H3,(H,9,13)(H,11,12)/t6-/m0/s1. The van der Waals surface area contributed by atoms with E-state index in [1.807, 2.05) is 6.26 Å². The van der Waals surface area contributed by atoms with Gasteiger partial charge in [-0.25, -0.2) is 9.59 Å². The van der Waals surface area contributed by atoms with Gasteiger partial charge in [0, 0.05) is 14.1 Å². The van der Waals surface area contributed by atoms with Crippen molar-refractivity contribution in [3.05, 3.63) is 0 Å². The van der Waals surface area contributed by atoms with Crippen LogP contribution in [0.5, 0.6) is 0 Å². The van der Waals surface area contributed by atoms with Gasteiger partial charge in [-0.05, 0) is 18.4 Å². The van der Waals surface area contributed by atoms with Crippen LogP contribution in [0.2, 0.25) is 0 Å². The Morgan fingerprint density at radius 3 is 2.43 bits per heavy atom. The molecule has 1 atom stereocenters. The summed E-state index contributed by atoms with van der Waals surface area (Å²) in [5, 5.41) is 11.2. The highest BCUT2D eigenvalue weighted by atomic mass is 32.2. The predicted octanol–water partition coefficient (Wildman–Crippen LogP) is 0.464. The summed E-state index contributed by atoms with van der Waals surface area (Å²) in [4.78, 5) is 23.2. The number of hydrogen-bond donors (Lipinski definition) is 2. The Labute approximate surface area is 87.8 Å². The first-order valence-electron chi connectivity index (χ1n) is 4.18. The Bertz CT molecular complexity index is 209. The lowest BCUT2D eigenvalue weighted by Gasteiger charge is -2.17. The summed E-state index contributed by atoms with van der Waals surface area (Å²) in [7, 11) is 3.14. The van der Waals surface area contributed by atoms with Gasteiger partial charge in [0.1, 0.15) is 6.04 Å². The van der Waals surface area contributed by atoms with Gasteiger partial charge in [-0.1, -0.05) is 0 Å². The van der Waals surface area contributed by atoms with Gasteiger partial charge in [0.15, 0.2) is 0 Å². The number of urea groups is 1. The summed E-state index contributed by atoms with van der Waals surface area (Å²) in [6.45, 7) is 0. The molecule has 0 heterocycles. The average Bonchev–Trinajstić information content (AvgIpc) is 2.10. The van der Waals surface area contributed by atoms with E-state index in [9.17, 15) is 9.59 Å². The fourth-order valence-electron chi connectivity index (χ4n) is 0.771. The van der Waals surface area contributed by atoms with Crippen molar-refractivity contribution >= 4 is 23.8 Å². The van der Waals surface area contributed by atoms with E-state index in [1.165, 1.54) is 4.90 Å². The molecule has 2 N–H and O–H groups in total. The van der Waals surface area contributed by atoms with E-state index in [4.69, 9.17) is 5.11 Å². The smallest absolute Gasteiger partial charge is 0.326 e.